The summed E-state index contributed by atoms with van der Waals surface area (Å²) in [6.45, 7) is 0.364. The summed E-state index contributed by atoms with van der Waals surface area (Å²) in [6.07, 6.45) is 6.28. The van der Waals surface area contributed by atoms with E-state index in [0.29, 0.717) is 12.5 Å². The van der Waals surface area contributed by atoms with Crippen LogP contribution in [0.4, 0.5) is 10.7 Å². The van der Waals surface area contributed by atoms with Gasteiger partial charge in [-0.05, 0) is 18.3 Å². The second-order valence-electron chi connectivity index (χ2n) is 5.65. The fraction of sp³-hybridized carbons (Fsp3) is 0.692. The number of amides is 2. The maximum atomic E-state index is 11.9. The fourth-order valence-corrected chi connectivity index (χ4v) is 2.86. The van der Waals surface area contributed by atoms with Gasteiger partial charge in [0.15, 0.2) is 0 Å². The minimum atomic E-state index is -0.813. The topological polar surface area (TPSA) is 109 Å². The Balaban J connectivity index is 1.90. The molecule has 0 bridgehead atoms. The van der Waals surface area contributed by atoms with E-state index in [9.17, 15) is 9.59 Å². The normalized spacial score (nSPS) is 17.2. The molecule has 8 heteroatoms. The zero-order valence-electron chi connectivity index (χ0n) is 12.1. The van der Waals surface area contributed by atoms with Crippen molar-refractivity contribution in [2.75, 3.05) is 11.9 Å². The number of aliphatic carboxylic acids is 1. The second-order valence-corrected chi connectivity index (χ2v) is 5.65. The van der Waals surface area contributed by atoms with Crippen molar-refractivity contribution < 1.29 is 14.7 Å². The minimum Gasteiger partial charge on any atom is -0.481 e. The molecular weight excluding hydrogens is 274 g/mol. The largest absolute Gasteiger partial charge is 0.481 e. The number of aromatic nitrogens is 3. The van der Waals surface area contributed by atoms with Gasteiger partial charge in [0.1, 0.15) is 6.33 Å². The van der Waals surface area contributed by atoms with Crippen molar-refractivity contribution in [3.63, 3.8) is 0 Å². The van der Waals surface area contributed by atoms with Crippen LogP contribution in [0, 0.1) is 5.41 Å². The number of aryl methyl sites for hydroxylation is 1. The Morgan fingerprint density at radius 2 is 2.10 bits per heavy atom. The molecule has 21 heavy (non-hydrogen) atoms. The first kappa shape index (κ1) is 15.3. The minimum absolute atomic E-state index is 0.0945. The van der Waals surface area contributed by atoms with Crippen molar-refractivity contribution in [3.8, 4) is 0 Å². The molecular formula is C13H21N5O3. The first-order valence-corrected chi connectivity index (χ1v) is 7.11. The lowest BCUT2D eigenvalue weighted by Crippen LogP contribution is -2.42. The van der Waals surface area contributed by atoms with Crippen molar-refractivity contribution in [2.24, 2.45) is 12.5 Å². The molecule has 1 aliphatic rings. The number of urea groups is 1. The number of nitrogens with zero attached hydrogens (tertiary/aromatic N) is 3. The predicted octanol–water partition coefficient (Wildman–Crippen LogP) is 1.36. The highest BCUT2D eigenvalue weighted by Gasteiger charge is 2.34. The lowest BCUT2D eigenvalue weighted by atomic mass is 9.72. The third kappa shape index (κ3) is 4.17. The number of carboxylic acid groups (broad SMARTS) is 1. The van der Waals surface area contributed by atoms with Crippen LogP contribution >= 0.6 is 0 Å². The van der Waals surface area contributed by atoms with Gasteiger partial charge in [0.05, 0.1) is 6.42 Å². The van der Waals surface area contributed by atoms with E-state index in [2.05, 4.69) is 20.7 Å². The number of rotatable bonds is 5. The molecule has 2 rings (SSSR count). The summed E-state index contributed by atoms with van der Waals surface area (Å²) in [6, 6.07) is -0.388. The molecule has 0 spiro atoms. The summed E-state index contributed by atoms with van der Waals surface area (Å²) in [5.41, 5.74) is -0.332. The van der Waals surface area contributed by atoms with Crippen molar-refractivity contribution >= 4 is 17.9 Å². The van der Waals surface area contributed by atoms with E-state index < -0.39 is 5.97 Å². The summed E-state index contributed by atoms with van der Waals surface area (Å²) in [5, 5.41) is 18.3. The van der Waals surface area contributed by atoms with Gasteiger partial charge in [0.2, 0.25) is 5.95 Å². The number of carboxylic acids is 1. The zero-order valence-corrected chi connectivity index (χ0v) is 12.1. The van der Waals surface area contributed by atoms with Crippen LogP contribution in [0.2, 0.25) is 0 Å². The highest BCUT2D eigenvalue weighted by atomic mass is 16.4. The lowest BCUT2D eigenvalue weighted by molar-refractivity contribution is -0.140. The maximum absolute atomic E-state index is 11.9. The molecule has 0 saturated heterocycles. The van der Waals surface area contributed by atoms with Crippen LogP contribution in [0.5, 0.6) is 0 Å². The van der Waals surface area contributed by atoms with Gasteiger partial charge >= 0.3 is 12.0 Å². The third-order valence-electron chi connectivity index (χ3n) is 4.00. The smallest absolute Gasteiger partial charge is 0.321 e. The van der Waals surface area contributed by atoms with Crippen LogP contribution < -0.4 is 10.6 Å². The second kappa shape index (κ2) is 6.55. The molecule has 0 atom stereocenters. The Hall–Kier alpha value is -2.12. The van der Waals surface area contributed by atoms with Crippen LogP contribution in [0.15, 0.2) is 6.33 Å². The van der Waals surface area contributed by atoms with Crippen LogP contribution in [0.25, 0.3) is 0 Å². The number of hydrogen-bond acceptors (Lipinski definition) is 4. The van der Waals surface area contributed by atoms with E-state index in [1.165, 1.54) is 11.0 Å². The molecule has 3 N–H and O–H groups in total. The standard InChI is InChI=1S/C13H21N5O3/c1-18-11(15-9-16-18)17-12(21)14-8-13(7-10(19)20)5-3-2-4-6-13/h9H,2-8H2,1H3,(H,19,20)(H2,14,15,16,17,21). The Morgan fingerprint density at radius 3 is 2.67 bits per heavy atom. The summed E-state index contributed by atoms with van der Waals surface area (Å²) < 4.78 is 1.45. The summed E-state index contributed by atoms with van der Waals surface area (Å²) in [4.78, 5) is 26.9. The number of carbonyl (C=O) groups excluding carboxylic acids is 1. The molecule has 1 aliphatic carbocycles. The third-order valence-corrected chi connectivity index (χ3v) is 4.00. The predicted molar refractivity (Wildman–Crippen MR) is 75.8 cm³/mol. The van der Waals surface area contributed by atoms with E-state index in [0.717, 1.165) is 32.1 Å². The van der Waals surface area contributed by atoms with Gasteiger partial charge < -0.3 is 10.4 Å². The molecule has 0 radical (unpaired) electrons. The number of anilines is 1. The Labute approximate surface area is 122 Å². The number of carbonyl (C=O) groups is 2. The van der Waals surface area contributed by atoms with E-state index in [1.807, 2.05) is 0 Å². The average molecular weight is 295 g/mol. The molecule has 1 fully saturated rings. The highest BCUT2D eigenvalue weighted by molar-refractivity contribution is 5.87. The van der Waals surface area contributed by atoms with Crippen molar-refractivity contribution in [1.29, 1.82) is 0 Å². The van der Waals surface area contributed by atoms with Crippen molar-refractivity contribution in [1.82, 2.24) is 20.1 Å². The Kier molecular flexibility index (Phi) is 4.77. The summed E-state index contributed by atoms with van der Waals surface area (Å²) in [5.74, 6) is -0.462. The lowest BCUT2D eigenvalue weighted by Gasteiger charge is -2.36. The quantitative estimate of drug-likeness (QED) is 0.760. The first-order valence-electron chi connectivity index (χ1n) is 7.11. The Morgan fingerprint density at radius 1 is 1.38 bits per heavy atom. The van der Waals surface area contributed by atoms with Gasteiger partial charge in [-0.2, -0.15) is 10.1 Å². The van der Waals surface area contributed by atoms with Crippen LogP contribution in [0.3, 0.4) is 0 Å². The molecule has 2 amide bonds. The molecule has 0 unspecified atom stereocenters. The molecule has 1 aromatic rings. The molecule has 1 heterocycles. The zero-order chi connectivity index (χ0) is 15.3. The van der Waals surface area contributed by atoms with E-state index in [-0.39, 0.29) is 17.9 Å². The Bertz CT molecular complexity index is 508. The average Bonchev–Trinajstić information content (AvgIpc) is 2.82. The summed E-state index contributed by atoms with van der Waals surface area (Å²) >= 11 is 0. The van der Waals surface area contributed by atoms with Gasteiger partial charge in [-0.3, -0.25) is 10.1 Å². The van der Waals surface area contributed by atoms with Crippen molar-refractivity contribution in [3.05, 3.63) is 6.33 Å². The van der Waals surface area contributed by atoms with E-state index in [4.69, 9.17) is 5.11 Å². The van der Waals surface area contributed by atoms with Crippen LogP contribution in [0.1, 0.15) is 38.5 Å². The molecule has 1 saturated carbocycles. The maximum Gasteiger partial charge on any atom is 0.321 e. The van der Waals surface area contributed by atoms with E-state index >= 15 is 0 Å². The van der Waals surface area contributed by atoms with Gasteiger partial charge in [-0.15, -0.1) is 0 Å². The number of hydrogen-bond donors (Lipinski definition) is 3. The van der Waals surface area contributed by atoms with Gasteiger partial charge in [0, 0.05) is 13.6 Å². The molecule has 0 aromatic carbocycles. The number of nitrogens with one attached hydrogen (secondary N) is 2. The summed E-state index contributed by atoms with van der Waals surface area (Å²) in [7, 11) is 1.68. The van der Waals surface area contributed by atoms with Crippen LogP contribution in [-0.2, 0) is 11.8 Å². The van der Waals surface area contributed by atoms with Crippen molar-refractivity contribution in [2.45, 2.75) is 38.5 Å². The molecule has 116 valence electrons. The first-order chi connectivity index (χ1) is 10.0. The highest BCUT2D eigenvalue weighted by Crippen LogP contribution is 2.38. The van der Waals surface area contributed by atoms with E-state index in [1.54, 1.807) is 7.05 Å². The molecule has 1 aromatic heterocycles. The molecule has 0 aliphatic heterocycles. The van der Waals surface area contributed by atoms with Gasteiger partial charge in [0.25, 0.3) is 0 Å². The monoisotopic (exact) mass is 295 g/mol. The fourth-order valence-electron chi connectivity index (χ4n) is 2.86. The van der Waals surface area contributed by atoms with Crippen LogP contribution in [-0.4, -0.2) is 38.4 Å². The SMILES string of the molecule is Cn1ncnc1NC(=O)NCC1(CC(=O)O)CCCCC1. The van der Waals surface area contributed by atoms with Gasteiger partial charge in [-0.1, -0.05) is 19.3 Å². The van der Waals surface area contributed by atoms with Gasteiger partial charge in [-0.25, -0.2) is 9.48 Å². The molecule has 8 nitrogen and oxygen atoms in total.